The fourth-order valence-corrected chi connectivity index (χ4v) is 0.994. The number of ether oxygens (including phenoxy) is 1. The van der Waals surface area contributed by atoms with Crippen molar-refractivity contribution in [2.45, 2.75) is 18.7 Å². The van der Waals surface area contributed by atoms with E-state index < -0.39 is 5.97 Å². The molecule has 72 valence electrons. The van der Waals surface area contributed by atoms with Crippen LogP contribution < -0.4 is 0 Å². The van der Waals surface area contributed by atoms with E-state index in [1.54, 1.807) is 13.0 Å². The van der Waals surface area contributed by atoms with Gasteiger partial charge in [0.15, 0.2) is 11.5 Å². The lowest BCUT2D eigenvalue weighted by atomic mass is 10.3. The Morgan fingerprint density at radius 2 is 2.54 bits per heavy atom. The molecule has 0 spiro atoms. The highest BCUT2D eigenvalue weighted by Gasteiger charge is 2.15. The second-order valence-corrected chi connectivity index (χ2v) is 3.82. The summed E-state index contributed by atoms with van der Waals surface area (Å²) in [6.45, 7) is 3.96. The summed E-state index contributed by atoms with van der Waals surface area (Å²) < 4.78 is 9.64. The zero-order chi connectivity index (χ0) is 9.84. The van der Waals surface area contributed by atoms with Crippen LogP contribution in [0.5, 0.6) is 0 Å². The van der Waals surface area contributed by atoms with Crippen molar-refractivity contribution in [1.82, 2.24) is 5.16 Å². The first-order valence-electron chi connectivity index (χ1n) is 3.93. The Labute approximate surface area is 84.4 Å². The highest BCUT2D eigenvalue weighted by Crippen LogP contribution is 2.22. The molecule has 13 heavy (non-hydrogen) atoms. The number of carbonyl (C=O) groups excluding carboxylic acids is 1. The van der Waals surface area contributed by atoms with Gasteiger partial charge >= 0.3 is 5.97 Å². The normalized spacial score (nSPS) is 12.5. The van der Waals surface area contributed by atoms with Crippen molar-refractivity contribution >= 4 is 21.9 Å². The van der Waals surface area contributed by atoms with Crippen LogP contribution in [0.15, 0.2) is 10.6 Å². The summed E-state index contributed by atoms with van der Waals surface area (Å²) in [5, 5.41) is 3.58. The van der Waals surface area contributed by atoms with E-state index in [1.807, 2.05) is 6.92 Å². The molecule has 1 unspecified atom stereocenters. The molecule has 0 amide bonds. The number of hydrogen-bond donors (Lipinski definition) is 0. The lowest BCUT2D eigenvalue weighted by molar-refractivity contribution is 0.0514. The minimum Gasteiger partial charge on any atom is -0.461 e. The molecular weight excluding hydrogens is 238 g/mol. The number of alkyl halides is 1. The average Bonchev–Trinajstić information content (AvgIpc) is 2.52. The van der Waals surface area contributed by atoms with E-state index in [0.717, 1.165) is 0 Å². The zero-order valence-electron chi connectivity index (χ0n) is 7.41. The molecule has 0 bridgehead atoms. The van der Waals surface area contributed by atoms with Crippen LogP contribution in [0.3, 0.4) is 0 Å². The Morgan fingerprint density at radius 3 is 3.00 bits per heavy atom. The maximum absolute atomic E-state index is 11.1. The van der Waals surface area contributed by atoms with Crippen molar-refractivity contribution in [3.05, 3.63) is 17.5 Å². The highest BCUT2D eigenvalue weighted by molar-refractivity contribution is 9.09. The molecule has 1 heterocycles. The quantitative estimate of drug-likeness (QED) is 0.608. The van der Waals surface area contributed by atoms with Gasteiger partial charge in [-0.1, -0.05) is 21.1 Å². The Bertz CT molecular complexity index is 295. The molecule has 0 aliphatic rings. The van der Waals surface area contributed by atoms with Crippen molar-refractivity contribution < 1.29 is 14.1 Å². The van der Waals surface area contributed by atoms with E-state index in [4.69, 9.17) is 9.26 Å². The van der Waals surface area contributed by atoms with Gasteiger partial charge in [-0.25, -0.2) is 4.79 Å². The molecule has 0 aliphatic heterocycles. The van der Waals surface area contributed by atoms with Crippen molar-refractivity contribution in [3.8, 4) is 0 Å². The smallest absolute Gasteiger partial charge is 0.360 e. The average molecular weight is 248 g/mol. The molecule has 1 rings (SSSR count). The number of aromatic nitrogens is 1. The first kappa shape index (κ1) is 10.2. The van der Waals surface area contributed by atoms with E-state index >= 15 is 0 Å². The van der Waals surface area contributed by atoms with Crippen LogP contribution in [0.25, 0.3) is 0 Å². The molecule has 4 nitrogen and oxygen atoms in total. The van der Waals surface area contributed by atoms with Gasteiger partial charge in [0, 0.05) is 6.07 Å². The third-order valence-corrected chi connectivity index (χ3v) is 1.86. The van der Waals surface area contributed by atoms with Gasteiger partial charge in [-0.2, -0.15) is 0 Å². The summed E-state index contributed by atoms with van der Waals surface area (Å²) in [6, 6.07) is 1.57. The third kappa shape index (κ3) is 2.55. The number of halogens is 1. The molecule has 0 N–H and O–H groups in total. The first-order chi connectivity index (χ1) is 6.15. The van der Waals surface area contributed by atoms with Crippen LogP contribution in [-0.4, -0.2) is 17.7 Å². The number of esters is 1. The maximum Gasteiger partial charge on any atom is 0.360 e. The summed E-state index contributed by atoms with van der Waals surface area (Å²) >= 11 is 3.30. The van der Waals surface area contributed by atoms with Gasteiger partial charge in [0.05, 0.1) is 11.4 Å². The van der Waals surface area contributed by atoms with E-state index in [1.165, 1.54) is 0 Å². The molecule has 0 aliphatic carbocycles. The van der Waals surface area contributed by atoms with Crippen molar-refractivity contribution in [2.24, 2.45) is 0 Å². The standard InChI is InChI=1S/C8H10BrNO3/c1-3-12-8(11)6-4-7(5(2)9)13-10-6/h4-5H,3H2,1-2H3. The summed E-state index contributed by atoms with van der Waals surface area (Å²) in [6.07, 6.45) is 0. The molecule has 5 heteroatoms. The number of carbonyl (C=O) groups is 1. The maximum atomic E-state index is 11.1. The predicted octanol–water partition coefficient (Wildman–Crippen LogP) is 2.31. The molecule has 1 aromatic heterocycles. The van der Waals surface area contributed by atoms with Gasteiger partial charge < -0.3 is 9.26 Å². The lowest BCUT2D eigenvalue weighted by Crippen LogP contribution is -2.04. The number of nitrogens with zero attached hydrogens (tertiary/aromatic N) is 1. The van der Waals surface area contributed by atoms with Crippen LogP contribution in [0.1, 0.15) is 34.9 Å². The van der Waals surface area contributed by atoms with Crippen LogP contribution >= 0.6 is 15.9 Å². The highest BCUT2D eigenvalue weighted by atomic mass is 79.9. The SMILES string of the molecule is CCOC(=O)c1cc(C(C)Br)on1. The van der Waals surface area contributed by atoms with E-state index in [0.29, 0.717) is 12.4 Å². The molecule has 0 aromatic carbocycles. The Kier molecular flexibility index (Phi) is 3.48. The fraction of sp³-hybridized carbons (Fsp3) is 0.500. The summed E-state index contributed by atoms with van der Waals surface area (Å²) in [5.41, 5.74) is 0.211. The van der Waals surface area contributed by atoms with Crippen molar-refractivity contribution in [3.63, 3.8) is 0 Å². The van der Waals surface area contributed by atoms with Crippen LogP contribution in [0.2, 0.25) is 0 Å². The molecule has 0 radical (unpaired) electrons. The van der Waals surface area contributed by atoms with Gasteiger partial charge in [0.1, 0.15) is 0 Å². The Hall–Kier alpha value is -0.840. The lowest BCUT2D eigenvalue weighted by Gasteiger charge is -1.94. The van der Waals surface area contributed by atoms with Crippen molar-refractivity contribution in [1.29, 1.82) is 0 Å². The first-order valence-corrected chi connectivity index (χ1v) is 4.84. The van der Waals surface area contributed by atoms with Gasteiger partial charge in [-0.3, -0.25) is 0 Å². The summed E-state index contributed by atoms with van der Waals surface area (Å²) in [5.74, 6) is 0.161. The van der Waals surface area contributed by atoms with E-state index in [2.05, 4.69) is 21.1 Å². The molecule has 1 atom stereocenters. The summed E-state index contributed by atoms with van der Waals surface area (Å²) in [4.78, 5) is 11.2. The molecule has 1 aromatic rings. The minimum atomic E-state index is -0.453. The fourth-order valence-electron chi connectivity index (χ4n) is 0.778. The second kappa shape index (κ2) is 4.41. The monoisotopic (exact) mass is 247 g/mol. The molecule has 0 fully saturated rings. The van der Waals surface area contributed by atoms with Crippen molar-refractivity contribution in [2.75, 3.05) is 6.61 Å². The Balaban J connectivity index is 2.73. The topological polar surface area (TPSA) is 52.3 Å². The molecule has 0 saturated heterocycles. The number of hydrogen-bond acceptors (Lipinski definition) is 4. The van der Waals surface area contributed by atoms with Gasteiger partial charge in [-0.05, 0) is 13.8 Å². The largest absolute Gasteiger partial charge is 0.461 e. The van der Waals surface area contributed by atoms with Gasteiger partial charge in [0.25, 0.3) is 0 Å². The molecule has 0 saturated carbocycles. The third-order valence-electron chi connectivity index (χ3n) is 1.41. The Morgan fingerprint density at radius 1 is 1.85 bits per heavy atom. The van der Waals surface area contributed by atoms with E-state index in [-0.39, 0.29) is 10.5 Å². The molecular formula is C8H10BrNO3. The van der Waals surface area contributed by atoms with Gasteiger partial charge in [-0.15, -0.1) is 0 Å². The minimum absolute atomic E-state index is 0.0446. The van der Waals surface area contributed by atoms with Crippen LogP contribution in [-0.2, 0) is 4.74 Å². The zero-order valence-corrected chi connectivity index (χ0v) is 9.00. The number of rotatable bonds is 3. The van der Waals surface area contributed by atoms with Crippen LogP contribution in [0, 0.1) is 0 Å². The van der Waals surface area contributed by atoms with E-state index in [9.17, 15) is 4.79 Å². The van der Waals surface area contributed by atoms with Gasteiger partial charge in [0.2, 0.25) is 0 Å². The van der Waals surface area contributed by atoms with Crippen LogP contribution in [0.4, 0.5) is 0 Å². The second-order valence-electron chi connectivity index (χ2n) is 2.45. The summed E-state index contributed by atoms with van der Waals surface area (Å²) in [7, 11) is 0. The predicted molar refractivity (Wildman–Crippen MR) is 49.8 cm³/mol.